The molecular formula is C25H30F3NO4. The van der Waals surface area contributed by atoms with Gasteiger partial charge in [0.1, 0.15) is 11.9 Å². The van der Waals surface area contributed by atoms with Crippen LogP contribution in [0.4, 0.5) is 13.2 Å². The largest absolute Gasteiger partial charge is 0.416 e. The molecule has 0 saturated carbocycles. The molecule has 2 aromatic rings. The van der Waals surface area contributed by atoms with Gasteiger partial charge in [0.25, 0.3) is 0 Å². The number of carbonyl (C=O) groups is 1. The van der Waals surface area contributed by atoms with Crippen LogP contribution in [0.3, 0.4) is 0 Å². The van der Waals surface area contributed by atoms with Crippen LogP contribution in [0.1, 0.15) is 39.9 Å². The number of piperidine rings is 1. The van der Waals surface area contributed by atoms with E-state index in [1.807, 2.05) is 19.2 Å². The average Bonchev–Trinajstić information content (AvgIpc) is 2.80. The maximum absolute atomic E-state index is 12.6. The second-order valence-electron chi connectivity index (χ2n) is 8.51. The second kappa shape index (κ2) is 10.3. The number of methoxy groups -OCH3 is 2. The van der Waals surface area contributed by atoms with Crippen molar-refractivity contribution in [1.82, 2.24) is 4.90 Å². The van der Waals surface area contributed by atoms with Crippen LogP contribution >= 0.6 is 0 Å². The Hall–Kier alpha value is -2.26. The Morgan fingerprint density at radius 1 is 0.879 bits per heavy atom. The lowest BCUT2D eigenvalue weighted by atomic mass is 9.84. The zero-order valence-corrected chi connectivity index (χ0v) is 19.2. The first-order chi connectivity index (χ1) is 15.7. The van der Waals surface area contributed by atoms with Crippen molar-refractivity contribution in [2.45, 2.75) is 30.2 Å². The molecule has 0 spiro atoms. The monoisotopic (exact) mass is 465 g/mol. The van der Waals surface area contributed by atoms with Crippen molar-refractivity contribution in [3.63, 3.8) is 0 Å². The lowest BCUT2D eigenvalue weighted by Crippen LogP contribution is -2.48. The highest BCUT2D eigenvalue weighted by Crippen LogP contribution is 2.37. The summed E-state index contributed by atoms with van der Waals surface area (Å²) in [4.78, 5) is 12.7. The van der Waals surface area contributed by atoms with E-state index in [0.29, 0.717) is 18.8 Å². The molecule has 0 aromatic heterocycles. The van der Waals surface area contributed by atoms with Gasteiger partial charge in [0, 0.05) is 32.9 Å². The quantitative estimate of drug-likeness (QED) is 0.602. The molecule has 8 heteroatoms. The summed E-state index contributed by atoms with van der Waals surface area (Å²) >= 11 is 0. The van der Waals surface area contributed by atoms with E-state index in [4.69, 9.17) is 14.2 Å². The molecule has 0 bridgehead atoms. The van der Waals surface area contributed by atoms with E-state index in [2.05, 4.69) is 4.90 Å². The van der Waals surface area contributed by atoms with E-state index in [0.717, 1.165) is 55.5 Å². The number of halogens is 3. The fourth-order valence-corrected chi connectivity index (χ4v) is 4.11. The first-order valence-corrected chi connectivity index (χ1v) is 10.8. The minimum atomic E-state index is -4.29. The molecule has 0 radical (unpaired) electrons. The maximum Gasteiger partial charge on any atom is 0.416 e. The third-order valence-electron chi connectivity index (χ3n) is 6.56. The molecule has 0 atom stereocenters. The van der Waals surface area contributed by atoms with Gasteiger partial charge < -0.3 is 19.1 Å². The van der Waals surface area contributed by atoms with Gasteiger partial charge >= 0.3 is 6.18 Å². The van der Waals surface area contributed by atoms with Crippen LogP contribution < -0.4 is 0 Å². The molecule has 5 nitrogen and oxygen atoms in total. The van der Waals surface area contributed by atoms with Crippen molar-refractivity contribution in [2.75, 3.05) is 47.6 Å². The van der Waals surface area contributed by atoms with Crippen LogP contribution in [0, 0.1) is 0 Å². The van der Waals surface area contributed by atoms with E-state index < -0.39 is 17.3 Å². The number of ether oxygens (including phenoxy) is 3. The second-order valence-corrected chi connectivity index (χ2v) is 8.51. The summed E-state index contributed by atoms with van der Waals surface area (Å²) in [5.41, 5.74) is 1.22. The van der Waals surface area contributed by atoms with Crippen LogP contribution in [0.5, 0.6) is 0 Å². The smallest absolute Gasteiger partial charge is 0.375 e. The Kier molecular flexibility index (Phi) is 7.95. The highest BCUT2D eigenvalue weighted by molar-refractivity contribution is 5.74. The lowest BCUT2D eigenvalue weighted by Gasteiger charge is -2.40. The van der Waals surface area contributed by atoms with Gasteiger partial charge in [0.15, 0.2) is 0 Å². The number of rotatable bonds is 5. The standard InChI is InChI=1S/C14H18F3NO.C11H12O3/c1-18-9-7-13(19-2,8-10-18)11-3-5-12(6-4-11)14(15,16)17;1-13-11(7-14-8-11)10-4-2-9(6-12)3-5-10/h3-6H,7-10H2,1-2H3;2-6H,7-8H2,1H3. The number of carbonyl (C=O) groups excluding carboxylic acids is 1. The Balaban J connectivity index is 0.000000194. The van der Waals surface area contributed by atoms with Gasteiger partial charge in [0.05, 0.1) is 24.4 Å². The minimum Gasteiger partial charge on any atom is -0.375 e. The van der Waals surface area contributed by atoms with Crippen LogP contribution in [-0.4, -0.2) is 58.8 Å². The fourth-order valence-electron chi connectivity index (χ4n) is 4.11. The predicted molar refractivity (Wildman–Crippen MR) is 118 cm³/mol. The summed E-state index contributed by atoms with van der Waals surface area (Å²) in [6.45, 7) is 2.94. The fraction of sp³-hybridized carbons (Fsp3) is 0.480. The van der Waals surface area contributed by atoms with Gasteiger partial charge in [-0.2, -0.15) is 13.2 Å². The van der Waals surface area contributed by atoms with Crippen molar-refractivity contribution in [3.05, 3.63) is 70.8 Å². The SMILES string of the molecule is COC1(c2ccc(C(F)(F)F)cc2)CCN(C)CC1.COC1(c2ccc(C=O)cc2)COC1. The Labute approximate surface area is 192 Å². The normalized spacial score (nSPS) is 19.7. The van der Waals surface area contributed by atoms with Gasteiger partial charge in [-0.05, 0) is 43.1 Å². The number of likely N-dealkylation sites (tertiary alicyclic amines) is 1. The lowest BCUT2D eigenvalue weighted by molar-refractivity contribution is -0.202. The number of benzene rings is 2. The van der Waals surface area contributed by atoms with E-state index >= 15 is 0 Å². The van der Waals surface area contributed by atoms with Gasteiger partial charge in [0.2, 0.25) is 0 Å². The van der Waals surface area contributed by atoms with Gasteiger partial charge in [-0.3, -0.25) is 4.79 Å². The molecule has 4 rings (SSSR count). The topological polar surface area (TPSA) is 48.0 Å². The molecule has 0 unspecified atom stereocenters. The maximum atomic E-state index is 12.6. The van der Waals surface area contributed by atoms with Crippen molar-refractivity contribution in [3.8, 4) is 0 Å². The highest BCUT2D eigenvalue weighted by atomic mass is 19.4. The highest BCUT2D eigenvalue weighted by Gasteiger charge is 2.40. The number of hydrogen-bond acceptors (Lipinski definition) is 5. The van der Waals surface area contributed by atoms with Crippen molar-refractivity contribution in [2.24, 2.45) is 0 Å². The zero-order valence-electron chi connectivity index (χ0n) is 19.2. The van der Waals surface area contributed by atoms with Crippen molar-refractivity contribution in [1.29, 1.82) is 0 Å². The molecule has 2 heterocycles. The molecule has 2 aromatic carbocycles. The van der Waals surface area contributed by atoms with Crippen LogP contribution in [0.2, 0.25) is 0 Å². The molecule has 0 aliphatic carbocycles. The summed E-state index contributed by atoms with van der Waals surface area (Å²) in [5, 5.41) is 0. The number of aldehydes is 1. The van der Waals surface area contributed by atoms with E-state index in [1.54, 1.807) is 26.4 Å². The molecular weight excluding hydrogens is 435 g/mol. The molecule has 180 valence electrons. The summed E-state index contributed by atoms with van der Waals surface area (Å²) in [6, 6.07) is 12.8. The molecule has 0 N–H and O–H groups in total. The minimum absolute atomic E-state index is 0.290. The van der Waals surface area contributed by atoms with Gasteiger partial charge in [-0.1, -0.05) is 36.4 Å². The summed E-state index contributed by atoms with van der Waals surface area (Å²) in [6.07, 6.45) is -1.86. The summed E-state index contributed by atoms with van der Waals surface area (Å²) < 4.78 is 53.9. The van der Waals surface area contributed by atoms with Crippen molar-refractivity contribution < 1.29 is 32.2 Å². The third kappa shape index (κ3) is 5.63. The van der Waals surface area contributed by atoms with Crippen LogP contribution in [0.25, 0.3) is 0 Å². The summed E-state index contributed by atoms with van der Waals surface area (Å²) in [5.74, 6) is 0. The third-order valence-corrected chi connectivity index (χ3v) is 6.56. The summed E-state index contributed by atoms with van der Waals surface area (Å²) in [7, 11) is 5.34. The Morgan fingerprint density at radius 2 is 1.36 bits per heavy atom. The van der Waals surface area contributed by atoms with Crippen LogP contribution in [-0.2, 0) is 31.6 Å². The van der Waals surface area contributed by atoms with Crippen LogP contribution in [0.15, 0.2) is 48.5 Å². The predicted octanol–water partition coefficient (Wildman–Crippen LogP) is 4.64. The Bertz CT molecular complexity index is 895. The molecule has 2 aliphatic heterocycles. The number of nitrogens with zero attached hydrogens (tertiary/aromatic N) is 1. The van der Waals surface area contributed by atoms with Gasteiger partial charge in [-0.25, -0.2) is 0 Å². The van der Waals surface area contributed by atoms with Crippen molar-refractivity contribution >= 4 is 6.29 Å². The van der Waals surface area contributed by atoms with E-state index in [1.165, 1.54) is 12.1 Å². The number of alkyl halides is 3. The van der Waals surface area contributed by atoms with E-state index in [-0.39, 0.29) is 5.60 Å². The molecule has 33 heavy (non-hydrogen) atoms. The van der Waals surface area contributed by atoms with Gasteiger partial charge in [-0.15, -0.1) is 0 Å². The van der Waals surface area contributed by atoms with E-state index in [9.17, 15) is 18.0 Å². The average molecular weight is 466 g/mol. The Morgan fingerprint density at radius 3 is 1.76 bits per heavy atom. The first-order valence-electron chi connectivity index (χ1n) is 10.8. The molecule has 2 saturated heterocycles. The molecule has 2 aliphatic rings. The molecule has 2 fully saturated rings. The number of hydrogen-bond donors (Lipinski definition) is 0. The molecule has 0 amide bonds. The first kappa shape index (κ1) is 25.4. The zero-order chi connectivity index (χ0) is 24.1.